The van der Waals surface area contributed by atoms with Crippen molar-refractivity contribution in [2.24, 2.45) is 5.92 Å². The predicted molar refractivity (Wildman–Crippen MR) is 205 cm³/mol. The first-order chi connectivity index (χ1) is 27.1. The zero-order chi connectivity index (χ0) is 39.7. The topological polar surface area (TPSA) is 160 Å². The third kappa shape index (κ3) is 9.99. The van der Waals surface area contributed by atoms with Gasteiger partial charge >= 0.3 is 6.09 Å². The number of carbonyl (C=O) groups excluding carboxylic acids is 3. The highest BCUT2D eigenvalue weighted by Gasteiger charge is 2.50. The van der Waals surface area contributed by atoms with Crippen molar-refractivity contribution in [2.75, 3.05) is 26.9 Å². The minimum atomic E-state index is -1.98. The van der Waals surface area contributed by atoms with Gasteiger partial charge in [-0.1, -0.05) is 97.9 Å². The number of rotatable bonds is 17. The van der Waals surface area contributed by atoms with Gasteiger partial charge in [0.25, 0.3) is 0 Å². The molecule has 0 bridgehead atoms. The molecule has 0 aromatic heterocycles. The molecule has 2 N–H and O–H groups in total. The van der Waals surface area contributed by atoms with Gasteiger partial charge in [-0.25, -0.2) is 9.69 Å². The monoisotopic (exact) mass is 837 g/mol. The van der Waals surface area contributed by atoms with Crippen LogP contribution < -0.4 is 0 Å². The summed E-state index contributed by atoms with van der Waals surface area (Å²) in [5.41, 5.74) is 2.77. The van der Waals surface area contributed by atoms with Crippen LogP contribution in [-0.4, -0.2) is 108 Å². The number of methoxy groups -OCH3 is 1. The Morgan fingerprint density at radius 2 is 1.48 bits per heavy atom. The lowest BCUT2D eigenvalue weighted by Crippen LogP contribution is -2.61. The van der Waals surface area contributed by atoms with Crippen molar-refractivity contribution in [1.82, 2.24) is 4.90 Å². The zero-order valence-electron chi connectivity index (χ0n) is 31.3. The Morgan fingerprint density at radius 3 is 2.07 bits per heavy atom. The molecule has 3 aliphatic heterocycles. The van der Waals surface area contributed by atoms with E-state index in [1.54, 1.807) is 0 Å². The van der Waals surface area contributed by atoms with Gasteiger partial charge in [0.1, 0.15) is 37.1 Å². The van der Waals surface area contributed by atoms with Crippen molar-refractivity contribution in [1.29, 1.82) is 0 Å². The van der Waals surface area contributed by atoms with Crippen LogP contribution in [-0.2, 0) is 62.4 Å². The van der Waals surface area contributed by atoms with Crippen molar-refractivity contribution in [3.8, 4) is 0 Å². The van der Waals surface area contributed by atoms with Crippen LogP contribution in [0.3, 0.4) is 0 Å². The molecule has 2 saturated heterocycles. The normalized spacial score (nSPS) is 28.5. The second-order valence-electron chi connectivity index (χ2n) is 14.1. The fraction of sp³-hybridized carbons (Fsp3) is 0.452. The molecule has 0 radical (unpaired) electrons. The maximum Gasteiger partial charge on any atom is 0.416 e. The van der Waals surface area contributed by atoms with Gasteiger partial charge in [0, 0.05) is 20.1 Å². The molecule has 0 spiro atoms. The number of ketones is 1. The number of halogens is 1. The fourth-order valence-corrected chi connectivity index (χ4v) is 7.65. The molecule has 2 fully saturated rings. The van der Waals surface area contributed by atoms with Gasteiger partial charge in [-0.05, 0) is 51.5 Å². The van der Waals surface area contributed by atoms with Crippen LogP contribution in [0.5, 0.6) is 0 Å². The molecule has 13 nitrogen and oxygen atoms in total. The minimum absolute atomic E-state index is 0.0235. The third-order valence-electron chi connectivity index (χ3n) is 10.1. The van der Waals surface area contributed by atoms with E-state index in [1.807, 2.05) is 91.0 Å². The Labute approximate surface area is 334 Å². The SMILES string of the molecule is CO[C@H]1O[C@H](CO)[C@@H](OCc2ccccc2)[C@H](OCc2ccccc2)[C@@H]1OCCC[C@]1(O)O[C@H]([C@@H](C)C(=O)N2C(=O)OC[C@H]2Cc2ccccc2)C(=O)C=C1Br. The Morgan fingerprint density at radius 1 is 0.893 bits per heavy atom. The quantitative estimate of drug-likeness (QED) is 0.179. The molecule has 3 aliphatic rings. The summed E-state index contributed by atoms with van der Waals surface area (Å²) in [6, 6.07) is 28.1. The lowest BCUT2D eigenvalue weighted by atomic mass is 9.93. The lowest BCUT2D eigenvalue weighted by molar-refractivity contribution is -0.320. The first-order valence-electron chi connectivity index (χ1n) is 18.7. The van der Waals surface area contributed by atoms with E-state index >= 15 is 0 Å². The molecular weight excluding hydrogens is 790 g/mol. The smallest absolute Gasteiger partial charge is 0.416 e. The molecule has 3 heterocycles. The Kier molecular flexibility index (Phi) is 14.6. The number of hydrogen-bond acceptors (Lipinski definition) is 12. The van der Waals surface area contributed by atoms with E-state index in [9.17, 15) is 24.6 Å². The summed E-state index contributed by atoms with van der Waals surface area (Å²) < 4.78 is 42.4. The summed E-state index contributed by atoms with van der Waals surface area (Å²) in [6.07, 6.45) is -4.41. The average Bonchev–Trinajstić information content (AvgIpc) is 3.58. The molecule has 300 valence electrons. The summed E-state index contributed by atoms with van der Waals surface area (Å²) in [5, 5.41) is 22.1. The number of nitrogens with zero attached hydrogens (tertiary/aromatic N) is 1. The molecule has 0 saturated carbocycles. The fourth-order valence-electron chi connectivity index (χ4n) is 7.13. The van der Waals surface area contributed by atoms with Gasteiger partial charge in [0.15, 0.2) is 17.9 Å². The number of aliphatic hydroxyl groups is 2. The summed E-state index contributed by atoms with van der Waals surface area (Å²) in [7, 11) is 1.47. The van der Waals surface area contributed by atoms with Crippen LogP contribution in [0.4, 0.5) is 4.79 Å². The predicted octanol–water partition coefficient (Wildman–Crippen LogP) is 4.85. The van der Waals surface area contributed by atoms with Crippen molar-refractivity contribution in [3.05, 3.63) is 118 Å². The van der Waals surface area contributed by atoms with Gasteiger partial charge in [-0.2, -0.15) is 0 Å². The van der Waals surface area contributed by atoms with Crippen molar-refractivity contribution < 1.29 is 57.8 Å². The van der Waals surface area contributed by atoms with Crippen LogP contribution in [0, 0.1) is 5.92 Å². The second-order valence-corrected chi connectivity index (χ2v) is 14.9. The van der Waals surface area contributed by atoms with Crippen LogP contribution in [0.15, 0.2) is 102 Å². The maximum absolute atomic E-state index is 13.8. The molecule has 3 aromatic rings. The standard InChI is InChI=1S/C42H48BrNO12/c1-27(39(47)44-31(26-54-41(44)48)21-28-13-6-3-7-14-28)35-32(46)22-34(43)42(49,56-35)19-12-20-51-38-37(53-25-30-17-10-5-11-18-30)36(33(23-45)55-40(38)50-2)52-24-29-15-8-4-9-16-29/h3-11,13-18,22,27,31,33,35-38,40,45,49H,12,19-21,23-26H2,1-2H3/t27-,31-,33-,35-,36-,37+,38+,40+,42+/m1/s1. The summed E-state index contributed by atoms with van der Waals surface area (Å²) >= 11 is 3.30. The van der Waals surface area contributed by atoms with Crippen LogP contribution >= 0.6 is 15.9 Å². The molecule has 2 amide bonds. The van der Waals surface area contributed by atoms with Crippen molar-refractivity contribution >= 4 is 33.7 Å². The first-order valence-corrected chi connectivity index (χ1v) is 19.5. The van der Waals surface area contributed by atoms with E-state index in [1.165, 1.54) is 20.1 Å². The van der Waals surface area contributed by atoms with Gasteiger partial charge in [0.2, 0.25) is 5.91 Å². The Hall–Kier alpha value is -3.83. The molecule has 9 atom stereocenters. The second kappa shape index (κ2) is 19.5. The number of ether oxygens (including phenoxy) is 7. The molecule has 14 heteroatoms. The number of hydrogen-bond donors (Lipinski definition) is 2. The Balaban J connectivity index is 1.12. The number of carbonyl (C=O) groups is 3. The molecule has 6 rings (SSSR count). The van der Waals surface area contributed by atoms with Gasteiger partial charge in [-0.3, -0.25) is 9.59 Å². The molecule has 3 aromatic carbocycles. The third-order valence-corrected chi connectivity index (χ3v) is 11.0. The zero-order valence-corrected chi connectivity index (χ0v) is 32.9. The summed E-state index contributed by atoms with van der Waals surface area (Å²) in [6.45, 7) is 1.69. The van der Waals surface area contributed by atoms with E-state index in [2.05, 4.69) is 15.9 Å². The highest BCUT2D eigenvalue weighted by atomic mass is 79.9. The van der Waals surface area contributed by atoms with Gasteiger partial charge < -0.3 is 43.4 Å². The van der Waals surface area contributed by atoms with E-state index in [-0.39, 0.29) is 50.4 Å². The van der Waals surface area contributed by atoms with Gasteiger partial charge in [0.05, 0.1) is 36.3 Å². The Bertz CT molecular complexity index is 1780. The summed E-state index contributed by atoms with van der Waals surface area (Å²) in [5.74, 6) is -4.28. The minimum Gasteiger partial charge on any atom is -0.447 e. The summed E-state index contributed by atoms with van der Waals surface area (Å²) in [4.78, 5) is 40.8. The number of amides is 2. The average molecular weight is 839 g/mol. The van der Waals surface area contributed by atoms with E-state index in [0.29, 0.717) is 6.42 Å². The highest BCUT2D eigenvalue weighted by molar-refractivity contribution is 9.11. The number of aliphatic hydroxyl groups excluding tert-OH is 1. The number of cyclic esters (lactones) is 1. The highest BCUT2D eigenvalue weighted by Crippen LogP contribution is 2.37. The molecule has 0 unspecified atom stereocenters. The first kappa shape index (κ1) is 41.8. The number of imide groups is 1. The van der Waals surface area contributed by atoms with E-state index < -0.39 is 72.3 Å². The largest absolute Gasteiger partial charge is 0.447 e. The van der Waals surface area contributed by atoms with Crippen molar-refractivity contribution in [2.45, 2.75) is 88.0 Å². The molecule has 56 heavy (non-hydrogen) atoms. The van der Waals surface area contributed by atoms with Crippen LogP contribution in [0.25, 0.3) is 0 Å². The molecular formula is C42H48BrNO12. The lowest BCUT2D eigenvalue weighted by Gasteiger charge is -2.45. The van der Waals surface area contributed by atoms with Gasteiger partial charge in [-0.15, -0.1) is 0 Å². The van der Waals surface area contributed by atoms with Crippen LogP contribution in [0.2, 0.25) is 0 Å². The van der Waals surface area contributed by atoms with E-state index in [0.717, 1.165) is 21.6 Å². The maximum atomic E-state index is 13.8. The van der Waals surface area contributed by atoms with Crippen LogP contribution in [0.1, 0.15) is 36.5 Å². The number of benzene rings is 3. The van der Waals surface area contributed by atoms with E-state index in [4.69, 9.17) is 33.2 Å². The van der Waals surface area contributed by atoms with Crippen molar-refractivity contribution in [3.63, 3.8) is 0 Å². The molecule has 0 aliphatic carbocycles.